The van der Waals surface area contributed by atoms with Crippen LogP contribution in [0.25, 0.3) is 0 Å². The summed E-state index contributed by atoms with van der Waals surface area (Å²) < 4.78 is 60.4. The van der Waals surface area contributed by atoms with Gasteiger partial charge in [-0.2, -0.15) is 0 Å². The third-order valence-corrected chi connectivity index (χ3v) is 6.79. The van der Waals surface area contributed by atoms with Crippen LogP contribution in [0.4, 0.5) is 5.69 Å². The minimum absolute atomic E-state index is 0.0999. The molecule has 0 spiro atoms. The predicted molar refractivity (Wildman–Crippen MR) is 120 cm³/mol. The summed E-state index contributed by atoms with van der Waals surface area (Å²) in [5, 5.41) is 0. The molecule has 0 saturated heterocycles. The van der Waals surface area contributed by atoms with Crippen molar-refractivity contribution in [2.45, 2.75) is 23.7 Å². The number of nitrogens with one attached hydrogen (secondary N) is 1. The highest BCUT2D eigenvalue weighted by Crippen LogP contribution is 2.21. The molecule has 3 aromatic rings. The van der Waals surface area contributed by atoms with Gasteiger partial charge in [-0.05, 0) is 49.4 Å². The number of hydrogen-bond acceptors (Lipinski definition) is 8. The molecule has 0 aliphatic heterocycles. The molecule has 1 N–H and O–H groups in total. The number of sulfonamides is 1. The molecule has 0 aliphatic carbocycles. The molecule has 3 rings (SSSR count). The number of carbonyl (C=O) groups is 2. The number of benzene rings is 2. The van der Waals surface area contributed by atoms with E-state index in [1.54, 1.807) is 18.2 Å². The SMILES string of the molecule is CC(OC(=O)c1occc1CS(=O)(=O)c1ccccc1)C(=O)c1ccc(NS(C)(=O)=O)cc1. The molecule has 9 nitrogen and oxygen atoms in total. The van der Waals surface area contributed by atoms with Crippen LogP contribution in [0.1, 0.15) is 33.4 Å². The van der Waals surface area contributed by atoms with Gasteiger partial charge in [-0.3, -0.25) is 9.52 Å². The number of Topliss-reactive ketones (excluding diaryl/α,β-unsaturated/α-hetero) is 1. The predicted octanol–water partition coefficient (Wildman–Crippen LogP) is 3.05. The van der Waals surface area contributed by atoms with Gasteiger partial charge in [0.1, 0.15) is 0 Å². The number of ketones is 1. The van der Waals surface area contributed by atoms with Gasteiger partial charge in [-0.25, -0.2) is 21.6 Å². The maximum Gasteiger partial charge on any atom is 0.375 e. The Morgan fingerprint density at radius 1 is 0.970 bits per heavy atom. The molecule has 1 heterocycles. The van der Waals surface area contributed by atoms with Gasteiger partial charge < -0.3 is 9.15 Å². The molecule has 1 unspecified atom stereocenters. The van der Waals surface area contributed by atoms with Gasteiger partial charge in [0.05, 0.1) is 23.2 Å². The normalized spacial score (nSPS) is 12.7. The lowest BCUT2D eigenvalue weighted by Crippen LogP contribution is -2.25. The van der Waals surface area contributed by atoms with Crippen LogP contribution in [-0.4, -0.2) is 40.9 Å². The van der Waals surface area contributed by atoms with Gasteiger partial charge >= 0.3 is 5.97 Å². The Morgan fingerprint density at radius 2 is 1.61 bits per heavy atom. The average Bonchev–Trinajstić information content (AvgIpc) is 3.21. The van der Waals surface area contributed by atoms with Gasteiger partial charge in [0.25, 0.3) is 0 Å². The second-order valence-electron chi connectivity index (χ2n) is 7.21. The second-order valence-corrected chi connectivity index (χ2v) is 10.9. The van der Waals surface area contributed by atoms with Gasteiger partial charge in [-0.1, -0.05) is 18.2 Å². The molecule has 0 amide bonds. The summed E-state index contributed by atoms with van der Waals surface area (Å²) in [5.74, 6) is -2.29. The van der Waals surface area contributed by atoms with Crippen LogP contribution in [-0.2, 0) is 30.4 Å². The van der Waals surface area contributed by atoms with Gasteiger partial charge in [0, 0.05) is 16.8 Å². The third-order valence-electron chi connectivity index (χ3n) is 4.51. The lowest BCUT2D eigenvalue weighted by atomic mass is 10.1. The van der Waals surface area contributed by atoms with Crippen LogP contribution in [0.2, 0.25) is 0 Å². The van der Waals surface area contributed by atoms with E-state index in [1.807, 2.05) is 0 Å². The third kappa shape index (κ3) is 6.30. The van der Waals surface area contributed by atoms with E-state index in [0.29, 0.717) is 0 Å². The van der Waals surface area contributed by atoms with E-state index in [1.165, 1.54) is 55.7 Å². The Labute approximate surface area is 191 Å². The highest BCUT2D eigenvalue weighted by Gasteiger charge is 2.27. The van der Waals surface area contributed by atoms with E-state index in [-0.39, 0.29) is 27.5 Å². The quantitative estimate of drug-likeness (QED) is 0.356. The Kier molecular flexibility index (Phi) is 7.04. The molecule has 1 aromatic heterocycles. The summed E-state index contributed by atoms with van der Waals surface area (Å²) in [5.41, 5.74) is 0.582. The van der Waals surface area contributed by atoms with E-state index in [9.17, 15) is 26.4 Å². The van der Waals surface area contributed by atoms with Crippen molar-refractivity contribution in [2.24, 2.45) is 0 Å². The Balaban J connectivity index is 1.69. The second kappa shape index (κ2) is 9.59. The first-order valence-corrected chi connectivity index (χ1v) is 13.2. The minimum atomic E-state index is -3.73. The molecule has 2 aromatic carbocycles. The zero-order valence-corrected chi connectivity index (χ0v) is 19.4. The van der Waals surface area contributed by atoms with Crippen LogP contribution in [0, 0.1) is 0 Å². The first kappa shape index (κ1) is 24.2. The van der Waals surface area contributed by atoms with Gasteiger partial charge in [0.15, 0.2) is 15.9 Å². The monoisotopic (exact) mass is 491 g/mol. The maximum atomic E-state index is 12.6. The van der Waals surface area contributed by atoms with Crippen LogP contribution >= 0.6 is 0 Å². The van der Waals surface area contributed by atoms with Crippen molar-refractivity contribution >= 4 is 37.3 Å². The van der Waals surface area contributed by atoms with Crippen LogP contribution in [0.3, 0.4) is 0 Å². The fraction of sp³-hybridized carbons (Fsp3) is 0.182. The minimum Gasteiger partial charge on any atom is -0.457 e. The molecule has 0 saturated carbocycles. The van der Waals surface area contributed by atoms with Crippen molar-refractivity contribution in [1.82, 2.24) is 0 Å². The topological polar surface area (TPSA) is 137 Å². The van der Waals surface area contributed by atoms with Crippen LogP contribution in [0.5, 0.6) is 0 Å². The Bertz CT molecular complexity index is 1360. The van der Waals surface area contributed by atoms with Crippen molar-refractivity contribution in [3.05, 3.63) is 83.8 Å². The maximum absolute atomic E-state index is 12.6. The van der Waals surface area contributed by atoms with E-state index in [0.717, 1.165) is 6.26 Å². The molecule has 0 aliphatic rings. The zero-order valence-electron chi connectivity index (χ0n) is 17.7. The number of hydrogen-bond donors (Lipinski definition) is 1. The largest absolute Gasteiger partial charge is 0.457 e. The number of sulfone groups is 1. The summed E-state index contributed by atoms with van der Waals surface area (Å²) in [7, 11) is -7.19. The number of anilines is 1. The summed E-state index contributed by atoms with van der Waals surface area (Å²) in [4.78, 5) is 25.3. The van der Waals surface area contributed by atoms with Crippen molar-refractivity contribution in [3.8, 4) is 0 Å². The molecule has 174 valence electrons. The smallest absolute Gasteiger partial charge is 0.375 e. The van der Waals surface area contributed by atoms with E-state index in [2.05, 4.69) is 4.72 Å². The van der Waals surface area contributed by atoms with Crippen LogP contribution in [0.15, 0.2) is 76.2 Å². The fourth-order valence-electron chi connectivity index (χ4n) is 2.96. The highest BCUT2D eigenvalue weighted by atomic mass is 32.2. The number of carbonyl (C=O) groups excluding carboxylic acids is 2. The van der Waals surface area contributed by atoms with E-state index < -0.39 is 43.5 Å². The van der Waals surface area contributed by atoms with E-state index in [4.69, 9.17) is 9.15 Å². The number of esters is 1. The van der Waals surface area contributed by atoms with Crippen molar-refractivity contribution < 1.29 is 35.6 Å². The van der Waals surface area contributed by atoms with Crippen LogP contribution < -0.4 is 4.72 Å². The first-order chi connectivity index (χ1) is 15.5. The Hall–Kier alpha value is -3.44. The molecule has 1 atom stereocenters. The number of rotatable bonds is 9. The molecule has 0 radical (unpaired) electrons. The molecule has 33 heavy (non-hydrogen) atoms. The molecular formula is C22H21NO8S2. The highest BCUT2D eigenvalue weighted by molar-refractivity contribution is 7.92. The summed E-state index contributed by atoms with van der Waals surface area (Å²) in [6, 6.07) is 14.7. The van der Waals surface area contributed by atoms with Crippen molar-refractivity contribution in [2.75, 3.05) is 11.0 Å². The summed E-state index contributed by atoms with van der Waals surface area (Å²) >= 11 is 0. The van der Waals surface area contributed by atoms with Crippen molar-refractivity contribution in [1.29, 1.82) is 0 Å². The number of ether oxygens (including phenoxy) is 1. The first-order valence-electron chi connectivity index (χ1n) is 9.63. The van der Waals surface area contributed by atoms with Gasteiger partial charge in [-0.15, -0.1) is 0 Å². The van der Waals surface area contributed by atoms with Gasteiger partial charge in [0.2, 0.25) is 21.6 Å². The number of furan rings is 1. The molecule has 0 bridgehead atoms. The average molecular weight is 492 g/mol. The standard InChI is InChI=1S/C22H21NO8S2/c1-15(20(24)16-8-10-18(11-9-16)23-32(2,26)27)31-22(25)21-17(12-13-30-21)14-33(28,29)19-6-4-3-5-7-19/h3-13,15,23H,14H2,1-2H3. The summed E-state index contributed by atoms with van der Waals surface area (Å²) in [6.07, 6.45) is 0.975. The molecular weight excluding hydrogens is 470 g/mol. The lowest BCUT2D eigenvalue weighted by molar-refractivity contribution is 0.0288. The lowest BCUT2D eigenvalue weighted by Gasteiger charge is -2.13. The van der Waals surface area contributed by atoms with E-state index >= 15 is 0 Å². The Morgan fingerprint density at radius 3 is 2.21 bits per heavy atom. The molecule has 11 heteroatoms. The fourth-order valence-corrected chi connectivity index (χ4v) is 4.90. The summed E-state index contributed by atoms with van der Waals surface area (Å²) in [6.45, 7) is 1.37. The van der Waals surface area contributed by atoms with Crippen molar-refractivity contribution in [3.63, 3.8) is 0 Å². The zero-order chi connectivity index (χ0) is 24.2. The molecule has 0 fully saturated rings.